The van der Waals surface area contributed by atoms with E-state index in [4.69, 9.17) is 0 Å². The fraction of sp³-hybridized carbons (Fsp3) is 0.625. The van der Waals surface area contributed by atoms with Crippen molar-refractivity contribution in [1.29, 1.82) is 0 Å². The number of nitrogens with zero attached hydrogens (tertiary/aromatic N) is 1. The molecule has 0 heterocycles. The van der Waals surface area contributed by atoms with Crippen molar-refractivity contribution in [3.63, 3.8) is 0 Å². The Balaban J connectivity index is 2.33. The molecule has 0 bridgehead atoms. The van der Waals surface area contributed by atoms with Gasteiger partial charge in [0.1, 0.15) is 5.75 Å². The molecule has 0 amide bonds. The van der Waals surface area contributed by atoms with Gasteiger partial charge < -0.3 is 5.11 Å². The Labute approximate surface area is 111 Å². The van der Waals surface area contributed by atoms with E-state index in [9.17, 15) is 5.11 Å². The molecule has 1 N–H and O–H groups in total. The van der Waals surface area contributed by atoms with Crippen LogP contribution < -0.4 is 0 Å². The zero-order valence-electron chi connectivity index (χ0n) is 11.8. The number of phenolic OH excluding ortho intramolecular Hbond substituents is 1. The molecule has 1 aliphatic carbocycles. The number of fused-ring (bicyclic) bond motifs is 1. The van der Waals surface area contributed by atoms with Crippen LogP contribution in [0.25, 0.3) is 0 Å². The third-order valence-corrected chi connectivity index (χ3v) is 4.33. The van der Waals surface area contributed by atoms with Gasteiger partial charge in [0.05, 0.1) is 0 Å². The van der Waals surface area contributed by atoms with E-state index in [0.717, 1.165) is 13.0 Å². The molecule has 1 aromatic carbocycles. The third kappa shape index (κ3) is 2.54. The Morgan fingerprint density at radius 2 is 2.17 bits per heavy atom. The number of aryl methyl sites for hydroxylation is 1. The smallest absolute Gasteiger partial charge is 0.115 e. The molecule has 2 atom stereocenters. The van der Waals surface area contributed by atoms with Crippen LogP contribution in [0, 0.1) is 0 Å². The highest BCUT2D eigenvalue weighted by Gasteiger charge is 2.27. The quantitative estimate of drug-likeness (QED) is 0.872. The molecule has 0 spiro atoms. The Morgan fingerprint density at radius 1 is 1.39 bits per heavy atom. The van der Waals surface area contributed by atoms with Gasteiger partial charge in [0.25, 0.3) is 0 Å². The SMILES string of the molecule is CCC(C)N(CC)C1CCCc2ccc(O)cc21. The molecule has 0 aliphatic heterocycles. The first-order chi connectivity index (χ1) is 8.67. The van der Waals surface area contributed by atoms with Crippen LogP contribution >= 0.6 is 0 Å². The molecule has 0 saturated carbocycles. The monoisotopic (exact) mass is 247 g/mol. The van der Waals surface area contributed by atoms with Gasteiger partial charge in [0.2, 0.25) is 0 Å². The van der Waals surface area contributed by atoms with E-state index in [-0.39, 0.29) is 0 Å². The third-order valence-electron chi connectivity index (χ3n) is 4.33. The van der Waals surface area contributed by atoms with Crippen LogP contribution in [0.4, 0.5) is 0 Å². The standard InChI is InChI=1S/C16H25NO/c1-4-12(3)17(5-2)16-8-6-7-13-9-10-14(18)11-15(13)16/h9-12,16,18H,4-8H2,1-3H3. The highest BCUT2D eigenvalue weighted by molar-refractivity contribution is 5.38. The fourth-order valence-electron chi connectivity index (χ4n) is 3.18. The van der Waals surface area contributed by atoms with Gasteiger partial charge in [-0.2, -0.15) is 0 Å². The van der Waals surface area contributed by atoms with Gasteiger partial charge >= 0.3 is 0 Å². The molecule has 0 radical (unpaired) electrons. The van der Waals surface area contributed by atoms with Crippen molar-refractivity contribution in [3.8, 4) is 5.75 Å². The van der Waals surface area contributed by atoms with Crippen molar-refractivity contribution in [2.45, 2.75) is 58.5 Å². The summed E-state index contributed by atoms with van der Waals surface area (Å²) in [6, 6.07) is 6.99. The van der Waals surface area contributed by atoms with Gasteiger partial charge in [-0.1, -0.05) is 19.9 Å². The van der Waals surface area contributed by atoms with Crippen LogP contribution in [-0.4, -0.2) is 22.6 Å². The highest BCUT2D eigenvalue weighted by Crippen LogP contribution is 2.37. The largest absolute Gasteiger partial charge is 0.508 e. The number of aromatic hydroxyl groups is 1. The molecular formula is C16H25NO. The van der Waals surface area contributed by atoms with Gasteiger partial charge in [0, 0.05) is 12.1 Å². The van der Waals surface area contributed by atoms with Gasteiger partial charge in [-0.25, -0.2) is 0 Å². The molecule has 1 aromatic rings. The maximum atomic E-state index is 9.74. The Hall–Kier alpha value is -1.02. The minimum Gasteiger partial charge on any atom is -0.508 e. The summed E-state index contributed by atoms with van der Waals surface area (Å²) in [5.41, 5.74) is 2.77. The molecule has 2 unspecified atom stereocenters. The van der Waals surface area contributed by atoms with Gasteiger partial charge in [0.15, 0.2) is 0 Å². The van der Waals surface area contributed by atoms with Crippen LogP contribution in [0.3, 0.4) is 0 Å². The number of hydrogen-bond acceptors (Lipinski definition) is 2. The predicted molar refractivity (Wildman–Crippen MR) is 75.9 cm³/mol. The maximum absolute atomic E-state index is 9.74. The number of hydrogen-bond donors (Lipinski definition) is 1. The van der Waals surface area contributed by atoms with Crippen molar-refractivity contribution < 1.29 is 5.11 Å². The summed E-state index contributed by atoms with van der Waals surface area (Å²) in [6.07, 6.45) is 4.81. The predicted octanol–water partition coefficient (Wildman–Crippen LogP) is 3.89. The zero-order chi connectivity index (χ0) is 13.1. The average molecular weight is 247 g/mol. The van der Waals surface area contributed by atoms with E-state index in [1.165, 1.54) is 30.4 Å². The van der Waals surface area contributed by atoms with Gasteiger partial charge in [-0.3, -0.25) is 4.90 Å². The molecule has 0 fully saturated rings. The molecule has 18 heavy (non-hydrogen) atoms. The maximum Gasteiger partial charge on any atom is 0.115 e. The Bertz CT molecular complexity index is 402. The van der Waals surface area contributed by atoms with Crippen molar-refractivity contribution >= 4 is 0 Å². The molecule has 2 rings (SSSR count). The number of rotatable bonds is 4. The minimum absolute atomic E-state index is 0.404. The normalized spacial score (nSPS) is 20.8. The van der Waals surface area contributed by atoms with Gasteiger partial charge in [-0.05, 0) is 62.4 Å². The summed E-state index contributed by atoms with van der Waals surface area (Å²) in [5.74, 6) is 0.404. The number of benzene rings is 1. The molecule has 1 aliphatic rings. The lowest BCUT2D eigenvalue weighted by molar-refractivity contribution is 0.133. The summed E-state index contributed by atoms with van der Waals surface area (Å²) in [6.45, 7) is 7.87. The minimum atomic E-state index is 0.404. The van der Waals surface area contributed by atoms with Gasteiger partial charge in [-0.15, -0.1) is 0 Å². The van der Waals surface area contributed by atoms with E-state index in [1.807, 2.05) is 12.1 Å². The first-order valence-corrected chi connectivity index (χ1v) is 7.24. The first kappa shape index (κ1) is 13.4. The fourth-order valence-corrected chi connectivity index (χ4v) is 3.18. The van der Waals surface area contributed by atoms with Crippen LogP contribution in [0.2, 0.25) is 0 Å². The average Bonchev–Trinajstić information content (AvgIpc) is 2.39. The lowest BCUT2D eigenvalue weighted by atomic mass is 9.86. The van der Waals surface area contributed by atoms with E-state index in [1.54, 1.807) is 0 Å². The summed E-state index contributed by atoms with van der Waals surface area (Å²) >= 11 is 0. The Kier molecular flexibility index (Phi) is 4.28. The van der Waals surface area contributed by atoms with Crippen molar-refractivity contribution in [2.24, 2.45) is 0 Å². The van der Waals surface area contributed by atoms with E-state index in [2.05, 4.69) is 31.7 Å². The van der Waals surface area contributed by atoms with Crippen LogP contribution in [0.15, 0.2) is 18.2 Å². The lowest BCUT2D eigenvalue weighted by Crippen LogP contribution is -2.37. The second kappa shape index (κ2) is 5.75. The van der Waals surface area contributed by atoms with E-state index in [0.29, 0.717) is 17.8 Å². The highest BCUT2D eigenvalue weighted by atomic mass is 16.3. The second-order valence-electron chi connectivity index (χ2n) is 5.38. The topological polar surface area (TPSA) is 23.5 Å². The summed E-state index contributed by atoms with van der Waals surface area (Å²) in [4.78, 5) is 2.58. The summed E-state index contributed by atoms with van der Waals surface area (Å²) in [5, 5.41) is 9.74. The van der Waals surface area contributed by atoms with Crippen LogP contribution in [0.1, 0.15) is 57.2 Å². The van der Waals surface area contributed by atoms with E-state index >= 15 is 0 Å². The van der Waals surface area contributed by atoms with E-state index < -0.39 is 0 Å². The van der Waals surface area contributed by atoms with Crippen LogP contribution in [0.5, 0.6) is 5.75 Å². The van der Waals surface area contributed by atoms with Crippen molar-refractivity contribution in [3.05, 3.63) is 29.3 Å². The lowest BCUT2D eigenvalue weighted by Gasteiger charge is -2.39. The zero-order valence-corrected chi connectivity index (χ0v) is 11.8. The Morgan fingerprint density at radius 3 is 2.83 bits per heavy atom. The first-order valence-electron chi connectivity index (χ1n) is 7.24. The van der Waals surface area contributed by atoms with Crippen LogP contribution in [-0.2, 0) is 6.42 Å². The van der Waals surface area contributed by atoms with Crippen molar-refractivity contribution in [1.82, 2.24) is 4.90 Å². The number of phenols is 1. The molecule has 2 nitrogen and oxygen atoms in total. The summed E-state index contributed by atoms with van der Waals surface area (Å²) in [7, 11) is 0. The summed E-state index contributed by atoms with van der Waals surface area (Å²) < 4.78 is 0. The molecule has 2 heteroatoms. The molecule has 0 aromatic heterocycles. The van der Waals surface area contributed by atoms with Crippen molar-refractivity contribution in [2.75, 3.05) is 6.54 Å². The molecule has 0 saturated heterocycles. The molecular weight excluding hydrogens is 222 g/mol. The second-order valence-corrected chi connectivity index (χ2v) is 5.38. The molecule has 100 valence electrons.